The van der Waals surface area contributed by atoms with Gasteiger partial charge in [-0.05, 0) is 42.8 Å². The van der Waals surface area contributed by atoms with E-state index in [1.54, 1.807) is 37.3 Å². The van der Waals surface area contributed by atoms with Gasteiger partial charge in [0, 0.05) is 22.0 Å². The molecule has 0 aliphatic rings. The quantitative estimate of drug-likeness (QED) is 0.388. The third-order valence-electron chi connectivity index (χ3n) is 4.93. The van der Waals surface area contributed by atoms with Crippen LogP contribution in [0.15, 0.2) is 66.7 Å². The van der Waals surface area contributed by atoms with Crippen molar-refractivity contribution in [2.75, 3.05) is 12.4 Å². The Kier molecular flexibility index (Phi) is 5.52. The highest BCUT2D eigenvalue weighted by atomic mass is 19.4. The minimum atomic E-state index is -4.45. The number of carbonyl (C=O) groups excluding carboxylic acids is 1. The Bertz CT molecular complexity index is 1300. The Morgan fingerprint density at radius 3 is 2.28 bits per heavy atom. The standard InChI is InChI=1S/C24H18F3N3O2/c1-14-11-17(24(25,26)27)13-18(12-14)28-22-20-6-4-3-5-19(20)21(29-30-22)15-7-9-16(10-8-15)23(31)32-2/h3-13H,1-2H3,(H,28,30). The average Bonchev–Trinajstić information content (AvgIpc) is 2.78. The van der Waals surface area contributed by atoms with Crippen LogP contribution in [0.25, 0.3) is 22.0 Å². The molecule has 0 bridgehead atoms. The molecule has 4 rings (SSSR count). The van der Waals surface area contributed by atoms with Crippen LogP contribution >= 0.6 is 0 Å². The maximum atomic E-state index is 13.2. The summed E-state index contributed by atoms with van der Waals surface area (Å²) in [7, 11) is 1.31. The first-order valence-corrected chi connectivity index (χ1v) is 9.66. The number of benzene rings is 3. The smallest absolute Gasteiger partial charge is 0.416 e. The third kappa shape index (κ3) is 4.25. The van der Waals surface area contributed by atoms with Gasteiger partial charge in [0.05, 0.1) is 18.2 Å². The van der Waals surface area contributed by atoms with E-state index in [0.717, 1.165) is 23.1 Å². The number of aromatic nitrogens is 2. The molecule has 0 unspecified atom stereocenters. The van der Waals surface area contributed by atoms with Gasteiger partial charge in [-0.1, -0.05) is 36.4 Å². The molecule has 32 heavy (non-hydrogen) atoms. The van der Waals surface area contributed by atoms with Gasteiger partial charge in [0.25, 0.3) is 0 Å². The normalized spacial score (nSPS) is 11.4. The lowest BCUT2D eigenvalue weighted by Crippen LogP contribution is -2.07. The van der Waals surface area contributed by atoms with Crippen molar-refractivity contribution < 1.29 is 22.7 Å². The van der Waals surface area contributed by atoms with E-state index in [0.29, 0.717) is 28.0 Å². The lowest BCUT2D eigenvalue weighted by atomic mass is 10.0. The molecule has 0 aliphatic carbocycles. The van der Waals surface area contributed by atoms with E-state index in [1.807, 2.05) is 24.3 Å². The molecule has 1 aromatic heterocycles. The second-order valence-electron chi connectivity index (χ2n) is 7.22. The largest absolute Gasteiger partial charge is 0.465 e. The van der Waals surface area contributed by atoms with Crippen molar-refractivity contribution in [1.29, 1.82) is 0 Å². The summed E-state index contributed by atoms with van der Waals surface area (Å²) >= 11 is 0. The van der Waals surface area contributed by atoms with Crippen LogP contribution in [0, 0.1) is 6.92 Å². The monoisotopic (exact) mass is 437 g/mol. The van der Waals surface area contributed by atoms with E-state index in [9.17, 15) is 18.0 Å². The summed E-state index contributed by atoms with van der Waals surface area (Å²) in [6.07, 6.45) is -4.45. The van der Waals surface area contributed by atoms with Gasteiger partial charge in [-0.2, -0.15) is 13.2 Å². The number of anilines is 2. The summed E-state index contributed by atoms with van der Waals surface area (Å²) in [6, 6.07) is 17.8. The van der Waals surface area contributed by atoms with Gasteiger partial charge in [0.15, 0.2) is 5.82 Å². The number of nitrogens with one attached hydrogen (secondary N) is 1. The molecular formula is C24H18F3N3O2. The molecule has 0 spiro atoms. The van der Waals surface area contributed by atoms with Crippen LogP contribution in [0.5, 0.6) is 0 Å². The maximum absolute atomic E-state index is 13.2. The highest BCUT2D eigenvalue weighted by Gasteiger charge is 2.31. The number of hydrogen-bond donors (Lipinski definition) is 1. The number of methoxy groups -OCH3 is 1. The summed E-state index contributed by atoms with van der Waals surface area (Å²) in [4.78, 5) is 11.7. The number of esters is 1. The van der Waals surface area contributed by atoms with Crippen molar-refractivity contribution in [3.05, 3.63) is 83.4 Å². The SMILES string of the molecule is COC(=O)c1ccc(-c2nnc(Nc3cc(C)cc(C(F)(F)F)c3)c3ccccc23)cc1. The fourth-order valence-electron chi connectivity index (χ4n) is 3.45. The summed E-state index contributed by atoms with van der Waals surface area (Å²) < 4.78 is 44.3. The van der Waals surface area contributed by atoms with Gasteiger partial charge in [-0.15, -0.1) is 10.2 Å². The van der Waals surface area contributed by atoms with Gasteiger partial charge in [0.2, 0.25) is 0 Å². The first-order valence-electron chi connectivity index (χ1n) is 9.66. The van der Waals surface area contributed by atoms with Crippen LogP contribution in [-0.4, -0.2) is 23.3 Å². The first-order chi connectivity index (χ1) is 15.3. The number of rotatable bonds is 4. The van der Waals surface area contributed by atoms with Gasteiger partial charge in [-0.3, -0.25) is 0 Å². The molecule has 0 aliphatic heterocycles. The zero-order valence-electron chi connectivity index (χ0n) is 17.2. The number of carbonyl (C=O) groups is 1. The topological polar surface area (TPSA) is 64.1 Å². The molecule has 3 aromatic carbocycles. The van der Waals surface area contributed by atoms with Crippen LogP contribution in [0.4, 0.5) is 24.7 Å². The minimum absolute atomic E-state index is 0.270. The first kappa shape index (κ1) is 21.3. The van der Waals surface area contributed by atoms with Gasteiger partial charge >= 0.3 is 12.1 Å². The molecule has 4 aromatic rings. The van der Waals surface area contributed by atoms with Crippen molar-refractivity contribution in [3.8, 4) is 11.3 Å². The Morgan fingerprint density at radius 1 is 0.938 bits per heavy atom. The van der Waals surface area contributed by atoms with Crippen molar-refractivity contribution in [2.24, 2.45) is 0 Å². The van der Waals surface area contributed by atoms with Gasteiger partial charge in [-0.25, -0.2) is 4.79 Å². The van der Waals surface area contributed by atoms with Crippen LogP contribution in [0.1, 0.15) is 21.5 Å². The molecular weight excluding hydrogens is 419 g/mol. The van der Waals surface area contributed by atoms with Crippen LogP contribution < -0.4 is 5.32 Å². The van der Waals surface area contributed by atoms with Gasteiger partial charge in [0.1, 0.15) is 5.69 Å². The zero-order valence-corrected chi connectivity index (χ0v) is 17.2. The van der Waals surface area contributed by atoms with Crippen molar-refractivity contribution in [2.45, 2.75) is 13.1 Å². The summed E-state index contributed by atoms with van der Waals surface area (Å²) in [5, 5.41) is 13.0. The predicted octanol–water partition coefficient (Wildman–Crippen LogP) is 6.15. The summed E-state index contributed by atoms with van der Waals surface area (Å²) in [5.41, 5.74) is 1.74. The van der Waals surface area contributed by atoms with Crippen LogP contribution in [0.3, 0.4) is 0 Å². The van der Waals surface area contributed by atoms with Crippen molar-refractivity contribution in [1.82, 2.24) is 10.2 Å². The lowest BCUT2D eigenvalue weighted by molar-refractivity contribution is -0.137. The molecule has 0 fully saturated rings. The highest BCUT2D eigenvalue weighted by molar-refractivity contribution is 6.01. The fourth-order valence-corrected chi connectivity index (χ4v) is 3.45. The second kappa shape index (κ2) is 8.30. The molecule has 0 saturated carbocycles. The van der Waals surface area contributed by atoms with Crippen LogP contribution in [-0.2, 0) is 10.9 Å². The summed E-state index contributed by atoms with van der Waals surface area (Å²) in [5.74, 6) is -0.0994. The van der Waals surface area contributed by atoms with E-state index < -0.39 is 17.7 Å². The van der Waals surface area contributed by atoms with E-state index >= 15 is 0 Å². The number of hydrogen-bond acceptors (Lipinski definition) is 5. The molecule has 1 heterocycles. The molecule has 5 nitrogen and oxygen atoms in total. The Morgan fingerprint density at radius 2 is 1.62 bits per heavy atom. The molecule has 8 heteroatoms. The predicted molar refractivity (Wildman–Crippen MR) is 116 cm³/mol. The van der Waals surface area contributed by atoms with Crippen molar-refractivity contribution >= 4 is 28.2 Å². The Balaban J connectivity index is 1.75. The Hall–Kier alpha value is -3.94. The number of fused-ring (bicyclic) bond motifs is 1. The van der Waals surface area contributed by atoms with Crippen LogP contribution in [0.2, 0.25) is 0 Å². The lowest BCUT2D eigenvalue weighted by Gasteiger charge is -2.14. The second-order valence-corrected chi connectivity index (χ2v) is 7.22. The third-order valence-corrected chi connectivity index (χ3v) is 4.93. The van der Waals surface area contributed by atoms with E-state index in [2.05, 4.69) is 15.5 Å². The minimum Gasteiger partial charge on any atom is -0.465 e. The van der Waals surface area contributed by atoms with E-state index in [-0.39, 0.29) is 5.69 Å². The average molecular weight is 437 g/mol. The number of alkyl halides is 3. The fraction of sp³-hybridized carbons (Fsp3) is 0.125. The molecule has 0 atom stereocenters. The summed E-state index contributed by atoms with van der Waals surface area (Å²) in [6.45, 7) is 1.60. The van der Waals surface area contributed by atoms with Crippen molar-refractivity contribution in [3.63, 3.8) is 0 Å². The van der Waals surface area contributed by atoms with E-state index in [1.165, 1.54) is 7.11 Å². The molecule has 1 N–H and O–H groups in total. The zero-order chi connectivity index (χ0) is 22.9. The van der Waals surface area contributed by atoms with Gasteiger partial charge < -0.3 is 10.1 Å². The number of aryl methyl sites for hydroxylation is 1. The maximum Gasteiger partial charge on any atom is 0.416 e. The highest BCUT2D eigenvalue weighted by Crippen LogP contribution is 2.34. The number of ether oxygens (including phenoxy) is 1. The Labute approximate surface area is 181 Å². The molecule has 162 valence electrons. The molecule has 0 saturated heterocycles. The number of nitrogens with zero attached hydrogens (tertiary/aromatic N) is 2. The van der Waals surface area contributed by atoms with E-state index in [4.69, 9.17) is 4.74 Å². The molecule has 0 radical (unpaired) electrons. The molecule has 0 amide bonds. The number of halogens is 3.